The van der Waals surface area contributed by atoms with Crippen molar-refractivity contribution >= 4 is 0 Å². The van der Waals surface area contributed by atoms with Crippen molar-refractivity contribution in [1.82, 2.24) is 0 Å². The Morgan fingerprint density at radius 3 is 3.09 bits per heavy atom. The third-order valence-electron chi connectivity index (χ3n) is 1.71. The number of hydrogen-bond donors (Lipinski definition) is 1. The predicted octanol–water partition coefficient (Wildman–Crippen LogP) is 0.529. The number of nitrogens with two attached hydrogens (primary N) is 1. The minimum Gasteiger partial charge on any atom is -0.377 e. The zero-order valence-electron chi connectivity index (χ0n) is 7.08. The summed E-state index contributed by atoms with van der Waals surface area (Å²) in [6, 6.07) is 0.136. The minimum absolute atomic E-state index is 0.136. The van der Waals surface area contributed by atoms with Crippen LogP contribution in [0.25, 0.3) is 0 Å². The van der Waals surface area contributed by atoms with E-state index in [1.165, 1.54) is 6.42 Å². The van der Waals surface area contributed by atoms with Crippen LogP contribution in [0.4, 0.5) is 0 Å². The number of hydrogen-bond acceptors (Lipinski definition) is 3. The fourth-order valence-corrected chi connectivity index (χ4v) is 1.16. The molecule has 3 heteroatoms. The van der Waals surface area contributed by atoms with Gasteiger partial charge in [-0.3, -0.25) is 0 Å². The van der Waals surface area contributed by atoms with Crippen LogP contribution in [-0.2, 0) is 9.47 Å². The molecule has 1 rings (SSSR count). The highest BCUT2D eigenvalue weighted by Gasteiger charge is 2.15. The lowest BCUT2D eigenvalue weighted by atomic mass is 10.2. The molecule has 2 N–H and O–H groups in total. The van der Waals surface area contributed by atoms with Crippen molar-refractivity contribution < 1.29 is 9.47 Å². The van der Waals surface area contributed by atoms with Crippen LogP contribution >= 0.6 is 0 Å². The van der Waals surface area contributed by atoms with Gasteiger partial charge < -0.3 is 15.2 Å². The van der Waals surface area contributed by atoms with Gasteiger partial charge in [0.25, 0.3) is 0 Å². The van der Waals surface area contributed by atoms with E-state index in [9.17, 15) is 0 Å². The molecule has 0 saturated carbocycles. The fraction of sp³-hybridized carbons (Fsp3) is 1.00. The van der Waals surface area contributed by atoms with E-state index in [-0.39, 0.29) is 6.04 Å². The maximum Gasteiger partial charge on any atom is 0.0809 e. The summed E-state index contributed by atoms with van der Waals surface area (Å²) < 4.78 is 10.7. The molecule has 1 unspecified atom stereocenters. The number of ether oxygens (including phenoxy) is 2. The largest absolute Gasteiger partial charge is 0.377 e. The molecule has 0 aliphatic carbocycles. The van der Waals surface area contributed by atoms with Crippen LogP contribution in [0.2, 0.25) is 0 Å². The molecule has 3 nitrogen and oxygen atoms in total. The first-order valence-electron chi connectivity index (χ1n) is 4.24. The van der Waals surface area contributed by atoms with Crippen LogP contribution in [-0.4, -0.2) is 32.0 Å². The van der Waals surface area contributed by atoms with Crippen molar-refractivity contribution in [3.05, 3.63) is 0 Å². The van der Waals surface area contributed by atoms with Gasteiger partial charge >= 0.3 is 0 Å². The standard InChI is InChI=1S/C8H17NO2/c1-7(9)5-10-6-8-3-2-4-11-8/h7-8H,2-6,9H2,1H3/t7-,8?/m1/s1. The Morgan fingerprint density at radius 2 is 2.55 bits per heavy atom. The monoisotopic (exact) mass is 159 g/mol. The normalized spacial score (nSPS) is 27.3. The van der Waals surface area contributed by atoms with E-state index in [4.69, 9.17) is 15.2 Å². The van der Waals surface area contributed by atoms with Crippen LogP contribution in [0.1, 0.15) is 19.8 Å². The number of rotatable bonds is 4. The van der Waals surface area contributed by atoms with Gasteiger partial charge in [0.2, 0.25) is 0 Å². The minimum atomic E-state index is 0.136. The highest BCUT2D eigenvalue weighted by Crippen LogP contribution is 2.11. The van der Waals surface area contributed by atoms with Crippen LogP contribution in [0, 0.1) is 0 Å². The van der Waals surface area contributed by atoms with Gasteiger partial charge in [-0.2, -0.15) is 0 Å². The van der Waals surface area contributed by atoms with Crippen molar-refractivity contribution in [2.45, 2.75) is 31.9 Å². The zero-order valence-corrected chi connectivity index (χ0v) is 7.08. The van der Waals surface area contributed by atoms with E-state index < -0.39 is 0 Å². The molecule has 2 atom stereocenters. The molecule has 0 amide bonds. The Bertz CT molecular complexity index is 100. The highest BCUT2D eigenvalue weighted by molar-refractivity contribution is 4.63. The van der Waals surface area contributed by atoms with Gasteiger partial charge in [-0.15, -0.1) is 0 Å². The molecular formula is C8H17NO2. The van der Waals surface area contributed by atoms with E-state index in [2.05, 4.69) is 0 Å². The van der Waals surface area contributed by atoms with Gasteiger partial charge in [-0.25, -0.2) is 0 Å². The van der Waals surface area contributed by atoms with E-state index in [0.717, 1.165) is 13.0 Å². The topological polar surface area (TPSA) is 44.5 Å². The molecule has 1 aliphatic heterocycles. The van der Waals surface area contributed by atoms with Crippen LogP contribution < -0.4 is 5.73 Å². The maximum atomic E-state index is 5.51. The first kappa shape index (κ1) is 8.97. The average molecular weight is 159 g/mol. The first-order valence-corrected chi connectivity index (χ1v) is 4.24. The third-order valence-corrected chi connectivity index (χ3v) is 1.71. The summed E-state index contributed by atoms with van der Waals surface area (Å²) in [5, 5.41) is 0. The Hall–Kier alpha value is -0.120. The molecule has 0 aromatic heterocycles. The van der Waals surface area contributed by atoms with Gasteiger partial charge in [0.05, 0.1) is 19.3 Å². The summed E-state index contributed by atoms with van der Waals surface area (Å²) >= 11 is 0. The second-order valence-corrected chi connectivity index (χ2v) is 3.15. The molecule has 1 fully saturated rings. The van der Waals surface area contributed by atoms with E-state index >= 15 is 0 Å². The molecular weight excluding hydrogens is 142 g/mol. The fourth-order valence-electron chi connectivity index (χ4n) is 1.16. The van der Waals surface area contributed by atoms with Crippen LogP contribution in [0.5, 0.6) is 0 Å². The molecule has 0 aromatic carbocycles. The molecule has 0 bridgehead atoms. The molecule has 1 aliphatic rings. The lowest BCUT2D eigenvalue weighted by Crippen LogP contribution is -2.25. The molecule has 0 spiro atoms. The second-order valence-electron chi connectivity index (χ2n) is 3.15. The summed E-state index contributed by atoms with van der Waals surface area (Å²) in [7, 11) is 0. The summed E-state index contributed by atoms with van der Waals surface area (Å²) in [4.78, 5) is 0. The van der Waals surface area contributed by atoms with Crippen molar-refractivity contribution in [3.8, 4) is 0 Å². The Kier molecular flexibility index (Phi) is 3.83. The van der Waals surface area contributed by atoms with E-state index in [1.54, 1.807) is 0 Å². The smallest absolute Gasteiger partial charge is 0.0809 e. The molecule has 66 valence electrons. The lowest BCUT2D eigenvalue weighted by Gasteiger charge is -2.11. The second kappa shape index (κ2) is 4.70. The highest BCUT2D eigenvalue weighted by atomic mass is 16.5. The Balaban J connectivity index is 1.94. The van der Waals surface area contributed by atoms with Crippen LogP contribution in [0.3, 0.4) is 0 Å². The van der Waals surface area contributed by atoms with E-state index in [0.29, 0.717) is 19.3 Å². The van der Waals surface area contributed by atoms with Crippen LogP contribution in [0.15, 0.2) is 0 Å². The van der Waals surface area contributed by atoms with Gasteiger partial charge in [-0.05, 0) is 19.8 Å². The van der Waals surface area contributed by atoms with Gasteiger partial charge in [-0.1, -0.05) is 0 Å². The van der Waals surface area contributed by atoms with Crippen molar-refractivity contribution in [3.63, 3.8) is 0 Å². The summed E-state index contributed by atoms with van der Waals surface area (Å²) in [6.07, 6.45) is 2.64. The summed E-state index contributed by atoms with van der Waals surface area (Å²) in [6.45, 7) is 4.18. The predicted molar refractivity (Wildman–Crippen MR) is 43.4 cm³/mol. The lowest BCUT2D eigenvalue weighted by molar-refractivity contribution is 0.0142. The van der Waals surface area contributed by atoms with Gasteiger partial charge in [0.1, 0.15) is 0 Å². The SMILES string of the molecule is C[C@@H](N)COCC1CCCO1. The quantitative estimate of drug-likeness (QED) is 0.650. The summed E-state index contributed by atoms with van der Waals surface area (Å²) in [5.74, 6) is 0. The first-order chi connectivity index (χ1) is 5.29. The average Bonchev–Trinajstić information content (AvgIpc) is 2.39. The molecule has 1 saturated heterocycles. The van der Waals surface area contributed by atoms with Crippen molar-refractivity contribution in [2.24, 2.45) is 5.73 Å². The van der Waals surface area contributed by atoms with Gasteiger partial charge in [0, 0.05) is 12.6 Å². The Labute approximate surface area is 67.9 Å². The van der Waals surface area contributed by atoms with E-state index in [1.807, 2.05) is 6.92 Å². The molecule has 11 heavy (non-hydrogen) atoms. The van der Waals surface area contributed by atoms with Gasteiger partial charge in [0.15, 0.2) is 0 Å². The molecule has 1 heterocycles. The van der Waals surface area contributed by atoms with Crippen molar-refractivity contribution in [1.29, 1.82) is 0 Å². The molecule has 0 aromatic rings. The zero-order chi connectivity index (χ0) is 8.10. The summed E-state index contributed by atoms with van der Waals surface area (Å²) in [5.41, 5.74) is 5.51. The molecule has 0 radical (unpaired) electrons. The Morgan fingerprint density at radius 1 is 1.73 bits per heavy atom. The third kappa shape index (κ3) is 3.70. The van der Waals surface area contributed by atoms with Crippen molar-refractivity contribution in [2.75, 3.05) is 19.8 Å². The maximum absolute atomic E-state index is 5.51.